The van der Waals surface area contributed by atoms with E-state index in [4.69, 9.17) is 10.5 Å². The highest BCUT2D eigenvalue weighted by atomic mass is 16.5. The largest absolute Gasteiger partial charge is 0.469 e. The monoisotopic (exact) mass is 302 g/mol. The minimum Gasteiger partial charge on any atom is -0.469 e. The van der Waals surface area contributed by atoms with Crippen LogP contribution in [0.15, 0.2) is 25.0 Å². The molecule has 3 heterocycles. The number of hydrogen-bond acceptors (Lipinski definition) is 7. The average Bonchev–Trinajstić information content (AvgIpc) is 3.09. The van der Waals surface area contributed by atoms with Crippen molar-refractivity contribution >= 4 is 17.5 Å². The van der Waals surface area contributed by atoms with Crippen LogP contribution in [-0.4, -0.2) is 45.7 Å². The van der Waals surface area contributed by atoms with Gasteiger partial charge in [-0.2, -0.15) is 0 Å². The number of imidazole rings is 1. The second-order valence-electron chi connectivity index (χ2n) is 5.19. The van der Waals surface area contributed by atoms with Crippen LogP contribution in [0.25, 0.3) is 5.82 Å². The molecule has 0 atom stereocenters. The van der Waals surface area contributed by atoms with E-state index in [1.54, 1.807) is 23.3 Å². The van der Waals surface area contributed by atoms with E-state index in [0.29, 0.717) is 30.4 Å². The number of aromatic nitrogens is 4. The van der Waals surface area contributed by atoms with E-state index in [2.05, 4.69) is 19.9 Å². The Kier molecular flexibility index (Phi) is 3.90. The molecule has 22 heavy (non-hydrogen) atoms. The maximum absolute atomic E-state index is 11.6. The van der Waals surface area contributed by atoms with Gasteiger partial charge in [-0.25, -0.2) is 15.0 Å². The summed E-state index contributed by atoms with van der Waals surface area (Å²) in [5.74, 6) is 1.12. The lowest BCUT2D eigenvalue weighted by Crippen LogP contribution is -2.37. The summed E-state index contributed by atoms with van der Waals surface area (Å²) in [5, 5.41) is 0. The Morgan fingerprint density at radius 2 is 2.05 bits per heavy atom. The van der Waals surface area contributed by atoms with Crippen LogP contribution < -0.4 is 10.6 Å². The van der Waals surface area contributed by atoms with Gasteiger partial charge in [0.05, 0.1) is 13.0 Å². The molecule has 2 N–H and O–H groups in total. The van der Waals surface area contributed by atoms with E-state index in [9.17, 15) is 4.79 Å². The van der Waals surface area contributed by atoms with Crippen molar-refractivity contribution in [2.75, 3.05) is 30.8 Å². The summed E-state index contributed by atoms with van der Waals surface area (Å²) in [5.41, 5.74) is 6.73. The number of rotatable bonds is 3. The van der Waals surface area contributed by atoms with E-state index in [1.165, 1.54) is 13.4 Å². The topological polar surface area (TPSA) is 99.2 Å². The van der Waals surface area contributed by atoms with Crippen LogP contribution in [0, 0.1) is 5.92 Å². The first-order chi connectivity index (χ1) is 10.7. The molecule has 116 valence electrons. The van der Waals surface area contributed by atoms with Crippen molar-refractivity contribution in [1.82, 2.24) is 19.5 Å². The van der Waals surface area contributed by atoms with Crippen LogP contribution in [0.2, 0.25) is 0 Å². The van der Waals surface area contributed by atoms with Gasteiger partial charge in [-0.3, -0.25) is 9.36 Å². The molecule has 1 aliphatic rings. The number of methoxy groups -OCH3 is 1. The van der Waals surface area contributed by atoms with Gasteiger partial charge < -0.3 is 15.4 Å². The molecular weight excluding hydrogens is 284 g/mol. The standard InChI is InChI=1S/C14H18N6O2/c1-22-14(21)10-2-5-19(6-3-10)12-11(15)13(18-8-17-12)20-7-4-16-9-20/h4,7-10H,2-3,5-6,15H2,1H3. The SMILES string of the molecule is COC(=O)C1CCN(c2ncnc(-n3ccnc3)c2N)CC1. The number of hydrogen-bond donors (Lipinski definition) is 1. The number of carbonyl (C=O) groups excluding carboxylic acids is 1. The van der Waals surface area contributed by atoms with Gasteiger partial charge in [-0.05, 0) is 12.8 Å². The summed E-state index contributed by atoms with van der Waals surface area (Å²) in [6, 6.07) is 0. The number of piperidine rings is 1. The maximum Gasteiger partial charge on any atom is 0.308 e. The van der Waals surface area contributed by atoms with Gasteiger partial charge in [0.25, 0.3) is 0 Å². The van der Waals surface area contributed by atoms with Crippen molar-refractivity contribution in [2.45, 2.75) is 12.8 Å². The summed E-state index contributed by atoms with van der Waals surface area (Å²) in [6.07, 6.45) is 8.06. The van der Waals surface area contributed by atoms with E-state index in [-0.39, 0.29) is 11.9 Å². The highest BCUT2D eigenvalue weighted by Crippen LogP contribution is 2.29. The molecule has 2 aromatic heterocycles. The van der Waals surface area contributed by atoms with Gasteiger partial charge in [0.2, 0.25) is 0 Å². The first-order valence-corrected chi connectivity index (χ1v) is 7.12. The van der Waals surface area contributed by atoms with Crippen LogP contribution >= 0.6 is 0 Å². The van der Waals surface area contributed by atoms with Gasteiger partial charge in [-0.15, -0.1) is 0 Å². The summed E-state index contributed by atoms with van der Waals surface area (Å²) in [6.45, 7) is 1.43. The minimum absolute atomic E-state index is 0.0440. The minimum atomic E-state index is -0.144. The number of nitrogens with two attached hydrogens (primary N) is 1. The summed E-state index contributed by atoms with van der Waals surface area (Å²) < 4.78 is 6.56. The predicted octanol–water partition coefficient (Wildman–Crippen LogP) is 0.634. The molecule has 0 unspecified atom stereocenters. The van der Waals surface area contributed by atoms with Crippen LogP contribution in [0.4, 0.5) is 11.5 Å². The van der Waals surface area contributed by atoms with Gasteiger partial charge in [0.1, 0.15) is 18.3 Å². The smallest absolute Gasteiger partial charge is 0.308 e. The van der Waals surface area contributed by atoms with E-state index in [1.807, 2.05) is 0 Å². The molecular formula is C14H18N6O2. The third kappa shape index (κ3) is 2.59. The fraction of sp³-hybridized carbons (Fsp3) is 0.429. The van der Waals surface area contributed by atoms with E-state index < -0.39 is 0 Å². The number of ether oxygens (including phenoxy) is 1. The van der Waals surface area contributed by atoms with Crippen molar-refractivity contribution in [3.63, 3.8) is 0 Å². The van der Waals surface area contributed by atoms with Crippen molar-refractivity contribution in [2.24, 2.45) is 5.92 Å². The molecule has 0 radical (unpaired) electrons. The highest BCUT2D eigenvalue weighted by Gasteiger charge is 2.27. The zero-order valence-corrected chi connectivity index (χ0v) is 12.3. The number of nitrogen functional groups attached to an aromatic ring is 1. The molecule has 1 fully saturated rings. The van der Waals surface area contributed by atoms with Crippen molar-refractivity contribution < 1.29 is 9.53 Å². The van der Waals surface area contributed by atoms with Crippen molar-refractivity contribution in [1.29, 1.82) is 0 Å². The Morgan fingerprint density at radius 1 is 1.32 bits per heavy atom. The number of carbonyl (C=O) groups is 1. The van der Waals surface area contributed by atoms with E-state index >= 15 is 0 Å². The maximum atomic E-state index is 11.6. The zero-order chi connectivity index (χ0) is 15.5. The zero-order valence-electron chi connectivity index (χ0n) is 12.3. The molecule has 0 bridgehead atoms. The van der Waals surface area contributed by atoms with Gasteiger partial charge in [-0.1, -0.05) is 0 Å². The molecule has 1 saturated heterocycles. The Balaban J connectivity index is 1.79. The van der Waals surface area contributed by atoms with Gasteiger partial charge in [0.15, 0.2) is 11.6 Å². The first-order valence-electron chi connectivity index (χ1n) is 7.12. The van der Waals surface area contributed by atoms with E-state index in [0.717, 1.165) is 12.8 Å². The van der Waals surface area contributed by atoms with Crippen LogP contribution in [0.5, 0.6) is 0 Å². The molecule has 0 aliphatic carbocycles. The van der Waals surface area contributed by atoms with Crippen LogP contribution in [0.1, 0.15) is 12.8 Å². The number of esters is 1. The average molecular weight is 302 g/mol. The summed E-state index contributed by atoms with van der Waals surface area (Å²) in [4.78, 5) is 26.2. The molecule has 0 spiro atoms. The second-order valence-corrected chi connectivity index (χ2v) is 5.19. The Hall–Kier alpha value is -2.64. The third-order valence-corrected chi connectivity index (χ3v) is 3.92. The molecule has 0 saturated carbocycles. The normalized spacial score (nSPS) is 15.8. The van der Waals surface area contributed by atoms with Gasteiger partial charge >= 0.3 is 5.97 Å². The first kappa shape index (κ1) is 14.3. The molecule has 0 amide bonds. The third-order valence-electron chi connectivity index (χ3n) is 3.92. The molecule has 0 aromatic carbocycles. The second kappa shape index (κ2) is 6.00. The molecule has 3 rings (SSSR count). The number of nitrogens with zero attached hydrogens (tertiary/aromatic N) is 5. The lowest BCUT2D eigenvalue weighted by Gasteiger charge is -2.32. The number of anilines is 2. The van der Waals surface area contributed by atoms with Crippen LogP contribution in [0.3, 0.4) is 0 Å². The fourth-order valence-electron chi connectivity index (χ4n) is 2.71. The summed E-state index contributed by atoms with van der Waals surface area (Å²) in [7, 11) is 1.43. The molecule has 1 aliphatic heterocycles. The Labute approximate surface area is 127 Å². The highest BCUT2D eigenvalue weighted by molar-refractivity contribution is 5.74. The Bertz CT molecular complexity index is 649. The van der Waals surface area contributed by atoms with Crippen molar-refractivity contribution in [3.8, 4) is 5.82 Å². The molecule has 2 aromatic rings. The lowest BCUT2D eigenvalue weighted by atomic mass is 9.97. The summed E-state index contributed by atoms with van der Waals surface area (Å²) >= 11 is 0. The quantitative estimate of drug-likeness (QED) is 0.830. The predicted molar refractivity (Wildman–Crippen MR) is 80.5 cm³/mol. The fourth-order valence-corrected chi connectivity index (χ4v) is 2.71. The molecule has 8 nitrogen and oxygen atoms in total. The molecule has 8 heteroatoms. The Morgan fingerprint density at radius 3 is 2.68 bits per heavy atom. The lowest BCUT2D eigenvalue weighted by molar-refractivity contribution is -0.146. The van der Waals surface area contributed by atoms with Crippen LogP contribution in [-0.2, 0) is 9.53 Å². The van der Waals surface area contributed by atoms with Gasteiger partial charge in [0, 0.05) is 25.5 Å². The van der Waals surface area contributed by atoms with Crippen molar-refractivity contribution in [3.05, 3.63) is 25.0 Å².